The number of hydrogen-bond acceptors (Lipinski definition) is 3. The van der Waals surface area contributed by atoms with E-state index in [1.54, 1.807) is 23.7 Å². The molecule has 0 spiro atoms. The second kappa shape index (κ2) is 7.91. The third kappa shape index (κ3) is 3.68. The van der Waals surface area contributed by atoms with E-state index in [0.717, 1.165) is 22.4 Å². The maximum atomic E-state index is 14.0. The molecule has 4 rings (SSSR count). The third-order valence-electron chi connectivity index (χ3n) is 5.05. The van der Waals surface area contributed by atoms with Gasteiger partial charge >= 0.3 is 0 Å². The number of aryl methyl sites for hydroxylation is 2. The molecule has 154 valence electrons. The van der Waals surface area contributed by atoms with E-state index in [4.69, 9.17) is 11.6 Å². The molecule has 1 unspecified atom stereocenters. The van der Waals surface area contributed by atoms with Crippen LogP contribution in [0.25, 0.3) is 11.1 Å². The summed E-state index contributed by atoms with van der Waals surface area (Å²) in [5, 5.41) is 10.5. The molecule has 1 aliphatic heterocycles. The highest BCUT2D eigenvalue weighted by Crippen LogP contribution is 2.39. The number of aromatic nitrogens is 2. The summed E-state index contributed by atoms with van der Waals surface area (Å²) in [6, 6.07) is 11.1. The van der Waals surface area contributed by atoms with Gasteiger partial charge in [-0.2, -0.15) is 5.10 Å². The molecule has 0 fully saturated rings. The molecule has 0 radical (unpaired) electrons. The van der Waals surface area contributed by atoms with Crippen LogP contribution in [0, 0.1) is 12.7 Å². The first-order valence-corrected chi connectivity index (χ1v) is 9.99. The first-order valence-electron chi connectivity index (χ1n) is 9.61. The zero-order chi connectivity index (χ0) is 21.4. The molecule has 30 heavy (non-hydrogen) atoms. The lowest BCUT2D eigenvalue weighted by molar-refractivity contribution is -0.123. The topological polar surface area (TPSA) is 76.0 Å². The van der Waals surface area contributed by atoms with Crippen molar-refractivity contribution in [3.8, 4) is 11.1 Å². The summed E-state index contributed by atoms with van der Waals surface area (Å²) in [7, 11) is 0. The molecule has 1 aromatic heterocycles. The van der Waals surface area contributed by atoms with Crippen LogP contribution in [0.2, 0.25) is 5.02 Å². The lowest BCUT2D eigenvalue weighted by Gasteiger charge is -2.11. The van der Waals surface area contributed by atoms with Crippen molar-refractivity contribution in [2.45, 2.75) is 32.7 Å². The van der Waals surface area contributed by atoms with Gasteiger partial charge in [0, 0.05) is 10.6 Å². The number of carbonyl (C=O) groups excluding carboxylic acids is 2. The van der Waals surface area contributed by atoms with E-state index in [0.29, 0.717) is 17.3 Å². The fraction of sp³-hybridized carbons (Fsp3) is 0.227. The minimum absolute atomic E-state index is 0.0820. The van der Waals surface area contributed by atoms with Crippen LogP contribution >= 0.6 is 11.6 Å². The lowest BCUT2D eigenvalue weighted by Crippen LogP contribution is -2.24. The van der Waals surface area contributed by atoms with Gasteiger partial charge < -0.3 is 10.6 Å². The van der Waals surface area contributed by atoms with Crippen LogP contribution in [0.15, 0.2) is 42.5 Å². The summed E-state index contributed by atoms with van der Waals surface area (Å²) in [6.45, 7) is 3.73. The van der Waals surface area contributed by atoms with Gasteiger partial charge in [0.1, 0.15) is 17.7 Å². The predicted molar refractivity (Wildman–Crippen MR) is 114 cm³/mol. The summed E-state index contributed by atoms with van der Waals surface area (Å²) in [5.41, 5.74) is 3.26. The Kier molecular flexibility index (Phi) is 5.30. The van der Waals surface area contributed by atoms with Gasteiger partial charge in [0.15, 0.2) is 0 Å². The maximum absolute atomic E-state index is 14.0. The summed E-state index contributed by atoms with van der Waals surface area (Å²) < 4.78 is 15.6. The fourth-order valence-corrected chi connectivity index (χ4v) is 3.80. The lowest BCUT2D eigenvalue weighted by atomic mass is 10.0. The molecular formula is C22H20ClFN4O2. The summed E-state index contributed by atoms with van der Waals surface area (Å²) in [6.07, 6.45) is 0.483. The maximum Gasteiger partial charge on any atom is 0.251 e. The number of hydrogen-bond donors (Lipinski definition) is 2. The highest BCUT2D eigenvalue weighted by molar-refractivity contribution is 6.30. The number of amides is 2. The molecule has 8 heteroatoms. The number of nitrogens with zero attached hydrogens (tertiary/aromatic N) is 2. The first-order chi connectivity index (χ1) is 14.4. The third-order valence-corrected chi connectivity index (χ3v) is 5.28. The highest BCUT2D eigenvalue weighted by Gasteiger charge is 2.36. The molecule has 3 aromatic rings. The molecule has 2 heterocycles. The number of anilines is 2. The monoisotopic (exact) mass is 426 g/mol. The number of fused-ring (bicyclic) bond motifs is 1. The Labute approximate surface area is 178 Å². The van der Waals surface area contributed by atoms with Crippen LogP contribution in [0.3, 0.4) is 0 Å². The molecule has 6 nitrogen and oxygen atoms in total. The Hall–Kier alpha value is -3.19. The standard InChI is InChI=1S/C22H20ClFN4O2/c1-3-16-20(13-5-4-6-14(23)10-13)21-26-22(30)18(28(21)27-16)11-19(29)25-17-8-7-12(2)9-15(17)24/h4-10,18H,3,11H2,1-2H3,(H,25,29)(H,26,30). The van der Waals surface area contributed by atoms with Gasteiger partial charge in [-0.05, 0) is 48.7 Å². The smallest absolute Gasteiger partial charge is 0.251 e. The van der Waals surface area contributed by atoms with Crippen LogP contribution in [-0.4, -0.2) is 21.6 Å². The van der Waals surface area contributed by atoms with Crippen molar-refractivity contribution >= 4 is 34.9 Å². The van der Waals surface area contributed by atoms with E-state index in [-0.39, 0.29) is 18.0 Å². The summed E-state index contributed by atoms with van der Waals surface area (Å²) in [5.74, 6) is -0.777. The molecule has 0 saturated carbocycles. The van der Waals surface area contributed by atoms with Crippen molar-refractivity contribution < 1.29 is 14.0 Å². The Morgan fingerprint density at radius 1 is 1.30 bits per heavy atom. The van der Waals surface area contributed by atoms with E-state index >= 15 is 0 Å². The Balaban J connectivity index is 1.62. The first kappa shape index (κ1) is 20.1. The van der Waals surface area contributed by atoms with Gasteiger partial charge in [-0.15, -0.1) is 0 Å². The minimum Gasteiger partial charge on any atom is -0.324 e. The van der Waals surface area contributed by atoms with E-state index in [1.165, 1.54) is 12.1 Å². The van der Waals surface area contributed by atoms with Crippen molar-refractivity contribution in [2.24, 2.45) is 0 Å². The SMILES string of the molecule is CCc1nn2c(c1-c1cccc(Cl)c1)NC(=O)C2CC(=O)Nc1ccc(C)cc1F. The van der Waals surface area contributed by atoms with Gasteiger partial charge in [-0.1, -0.05) is 36.7 Å². The number of halogens is 2. The van der Waals surface area contributed by atoms with E-state index in [2.05, 4.69) is 15.7 Å². The summed E-state index contributed by atoms with van der Waals surface area (Å²) in [4.78, 5) is 25.1. The second-order valence-electron chi connectivity index (χ2n) is 7.22. The van der Waals surface area contributed by atoms with Crippen LogP contribution < -0.4 is 10.6 Å². The van der Waals surface area contributed by atoms with Gasteiger partial charge in [0.25, 0.3) is 5.91 Å². The van der Waals surface area contributed by atoms with Crippen LogP contribution in [0.5, 0.6) is 0 Å². The zero-order valence-electron chi connectivity index (χ0n) is 16.5. The molecule has 1 aliphatic rings. The largest absolute Gasteiger partial charge is 0.324 e. The molecular weight excluding hydrogens is 407 g/mol. The second-order valence-corrected chi connectivity index (χ2v) is 7.66. The Morgan fingerprint density at radius 3 is 2.80 bits per heavy atom. The predicted octanol–water partition coefficient (Wildman–Crippen LogP) is 4.74. The highest BCUT2D eigenvalue weighted by atomic mass is 35.5. The normalized spacial score (nSPS) is 15.1. The van der Waals surface area contributed by atoms with Gasteiger partial charge in [0.2, 0.25) is 5.91 Å². The van der Waals surface area contributed by atoms with Crippen molar-refractivity contribution in [3.05, 3.63) is 64.6 Å². The van der Waals surface area contributed by atoms with Crippen molar-refractivity contribution in [1.82, 2.24) is 9.78 Å². The number of nitrogens with one attached hydrogen (secondary N) is 2. The summed E-state index contributed by atoms with van der Waals surface area (Å²) >= 11 is 6.14. The number of carbonyl (C=O) groups is 2. The average Bonchev–Trinajstić information content (AvgIpc) is 3.19. The Morgan fingerprint density at radius 2 is 2.10 bits per heavy atom. The molecule has 2 amide bonds. The van der Waals surface area contributed by atoms with E-state index < -0.39 is 17.8 Å². The quantitative estimate of drug-likeness (QED) is 0.619. The van der Waals surface area contributed by atoms with Crippen LogP contribution in [-0.2, 0) is 16.0 Å². The van der Waals surface area contributed by atoms with Crippen LogP contribution in [0.1, 0.15) is 30.6 Å². The average molecular weight is 427 g/mol. The number of benzene rings is 2. The van der Waals surface area contributed by atoms with Gasteiger partial charge in [-0.3, -0.25) is 9.59 Å². The molecule has 0 saturated heterocycles. The molecule has 0 bridgehead atoms. The molecule has 1 atom stereocenters. The zero-order valence-corrected chi connectivity index (χ0v) is 17.3. The Bertz CT molecular complexity index is 1160. The van der Waals surface area contributed by atoms with Crippen LogP contribution in [0.4, 0.5) is 15.9 Å². The van der Waals surface area contributed by atoms with Crippen molar-refractivity contribution in [2.75, 3.05) is 10.6 Å². The van der Waals surface area contributed by atoms with Gasteiger partial charge in [-0.25, -0.2) is 9.07 Å². The van der Waals surface area contributed by atoms with Crippen molar-refractivity contribution in [3.63, 3.8) is 0 Å². The minimum atomic E-state index is -0.813. The molecule has 0 aliphatic carbocycles. The van der Waals surface area contributed by atoms with E-state index in [9.17, 15) is 14.0 Å². The number of rotatable bonds is 5. The van der Waals surface area contributed by atoms with Crippen molar-refractivity contribution in [1.29, 1.82) is 0 Å². The van der Waals surface area contributed by atoms with Gasteiger partial charge in [0.05, 0.1) is 17.8 Å². The van der Waals surface area contributed by atoms with E-state index in [1.807, 2.05) is 25.1 Å². The fourth-order valence-electron chi connectivity index (χ4n) is 3.61. The molecule has 2 N–H and O–H groups in total. The molecule has 2 aromatic carbocycles.